The number of hydrogen-bond donors (Lipinski definition) is 0. The predicted molar refractivity (Wildman–Crippen MR) is 74.2 cm³/mol. The molecule has 0 saturated carbocycles. The molecule has 1 amide bonds. The normalized spacial score (nSPS) is 30.7. The molecule has 3 aliphatic carbocycles. The van der Waals surface area contributed by atoms with Gasteiger partial charge in [-0.3, -0.25) is 4.79 Å². The van der Waals surface area contributed by atoms with Gasteiger partial charge in [-0.15, -0.1) is 0 Å². The third-order valence-corrected chi connectivity index (χ3v) is 4.36. The number of benzene rings is 1. The number of hydrogen-bond acceptors (Lipinski definition) is 1. The topological polar surface area (TPSA) is 20.3 Å². The number of allylic oxidation sites excluding steroid dienone is 2. The van der Waals surface area contributed by atoms with E-state index in [9.17, 15) is 4.79 Å². The van der Waals surface area contributed by atoms with Gasteiger partial charge in [0.1, 0.15) is 5.54 Å². The van der Waals surface area contributed by atoms with E-state index < -0.39 is 0 Å². The van der Waals surface area contributed by atoms with Crippen LogP contribution in [-0.2, 0) is 11.3 Å². The van der Waals surface area contributed by atoms with Crippen LogP contribution in [-0.4, -0.2) is 16.3 Å². The summed E-state index contributed by atoms with van der Waals surface area (Å²) >= 11 is 0. The van der Waals surface area contributed by atoms with E-state index in [1.165, 1.54) is 11.1 Å². The molecule has 0 aromatic heterocycles. The Morgan fingerprint density at radius 1 is 1.16 bits per heavy atom. The fraction of sp³-hybridized carbons (Fsp3) is 0.235. The summed E-state index contributed by atoms with van der Waals surface area (Å²) in [6, 6.07) is 10.2. The lowest BCUT2D eigenvalue weighted by molar-refractivity contribution is -0.127. The van der Waals surface area contributed by atoms with Crippen molar-refractivity contribution in [2.75, 3.05) is 0 Å². The first-order chi connectivity index (χ1) is 9.28. The summed E-state index contributed by atoms with van der Waals surface area (Å²) in [5, 5.41) is 0. The summed E-state index contributed by atoms with van der Waals surface area (Å²) in [5.74, 6) is 0.619. The second kappa shape index (κ2) is 3.70. The Morgan fingerprint density at radius 2 is 1.89 bits per heavy atom. The van der Waals surface area contributed by atoms with E-state index in [0.717, 1.165) is 6.42 Å². The van der Waals surface area contributed by atoms with Crippen LogP contribution in [0, 0.1) is 5.92 Å². The van der Waals surface area contributed by atoms with Gasteiger partial charge in [-0.1, -0.05) is 54.6 Å². The Balaban J connectivity index is 1.73. The molecule has 0 radical (unpaired) electrons. The zero-order chi connectivity index (χ0) is 12.9. The summed E-state index contributed by atoms with van der Waals surface area (Å²) in [6.07, 6.45) is 11.7. The quantitative estimate of drug-likeness (QED) is 0.738. The van der Waals surface area contributed by atoms with Gasteiger partial charge in [-0.25, -0.2) is 0 Å². The van der Waals surface area contributed by atoms with Crippen molar-refractivity contribution in [1.82, 2.24) is 4.90 Å². The molecule has 0 N–H and O–H groups in total. The lowest BCUT2D eigenvalue weighted by Gasteiger charge is -2.43. The zero-order valence-corrected chi connectivity index (χ0v) is 10.6. The summed E-state index contributed by atoms with van der Waals surface area (Å²) in [4.78, 5) is 14.3. The van der Waals surface area contributed by atoms with Crippen LogP contribution >= 0.6 is 0 Å². The first kappa shape index (κ1) is 10.8. The van der Waals surface area contributed by atoms with Crippen LogP contribution < -0.4 is 0 Å². The molecule has 1 spiro atoms. The fourth-order valence-electron chi connectivity index (χ4n) is 3.34. The van der Waals surface area contributed by atoms with Gasteiger partial charge in [-0.05, 0) is 23.5 Å². The highest BCUT2D eigenvalue weighted by atomic mass is 16.2. The molecule has 1 aromatic carbocycles. The highest BCUT2D eigenvalue weighted by Crippen LogP contribution is 2.46. The Kier molecular flexibility index (Phi) is 2.10. The monoisotopic (exact) mass is 249 g/mol. The smallest absolute Gasteiger partial charge is 0.248 e. The van der Waals surface area contributed by atoms with Crippen LogP contribution in [0.2, 0.25) is 0 Å². The standard InChI is InChI=1S/C17H15NO/c19-16-11-15-10-13-6-8-17(15,9-7-13)18(16)12-14-4-2-1-3-5-14/h1-9,11,13H,10,12H2. The molecule has 0 atom stereocenters. The molecule has 0 unspecified atom stereocenters. The van der Waals surface area contributed by atoms with Crippen molar-refractivity contribution in [3.63, 3.8) is 0 Å². The van der Waals surface area contributed by atoms with Crippen LogP contribution in [0.4, 0.5) is 0 Å². The number of carbonyl (C=O) groups excluding carboxylic acids is 1. The number of nitrogens with zero attached hydrogens (tertiary/aromatic N) is 1. The van der Waals surface area contributed by atoms with E-state index in [1.54, 1.807) is 0 Å². The van der Waals surface area contributed by atoms with Gasteiger partial charge in [0.05, 0.1) is 0 Å². The average Bonchev–Trinajstić information content (AvgIpc) is 2.73. The highest BCUT2D eigenvalue weighted by Gasteiger charge is 2.47. The Morgan fingerprint density at radius 3 is 2.63 bits per heavy atom. The minimum atomic E-state index is -0.276. The average molecular weight is 249 g/mol. The van der Waals surface area contributed by atoms with Crippen molar-refractivity contribution < 1.29 is 4.79 Å². The summed E-state index contributed by atoms with van der Waals surface area (Å²) in [6.45, 7) is 0.666. The minimum Gasteiger partial charge on any atom is -0.318 e. The summed E-state index contributed by atoms with van der Waals surface area (Å²) < 4.78 is 0. The molecule has 94 valence electrons. The number of carbonyl (C=O) groups is 1. The van der Waals surface area contributed by atoms with Gasteiger partial charge >= 0.3 is 0 Å². The molecule has 2 bridgehead atoms. The molecule has 4 aliphatic rings. The number of amides is 1. The van der Waals surface area contributed by atoms with Gasteiger partial charge in [0, 0.05) is 12.6 Å². The van der Waals surface area contributed by atoms with E-state index >= 15 is 0 Å². The van der Waals surface area contributed by atoms with E-state index in [4.69, 9.17) is 0 Å². The van der Waals surface area contributed by atoms with Crippen molar-refractivity contribution >= 4 is 5.91 Å². The second-order valence-corrected chi connectivity index (χ2v) is 5.49. The van der Waals surface area contributed by atoms with Crippen molar-refractivity contribution in [2.24, 2.45) is 5.92 Å². The molecule has 19 heavy (non-hydrogen) atoms. The SMILES string of the molecule is O=C1C=C2CC3C=CC2(C=C3)N1Cc1ccccc1. The highest BCUT2D eigenvalue weighted by molar-refractivity contribution is 5.94. The van der Waals surface area contributed by atoms with Crippen molar-refractivity contribution in [3.05, 3.63) is 71.8 Å². The van der Waals surface area contributed by atoms with Crippen molar-refractivity contribution in [1.29, 1.82) is 0 Å². The maximum atomic E-state index is 12.3. The first-order valence-corrected chi connectivity index (χ1v) is 6.73. The molecule has 1 heterocycles. The molecule has 2 nitrogen and oxygen atoms in total. The largest absolute Gasteiger partial charge is 0.318 e. The van der Waals surface area contributed by atoms with E-state index in [-0.39, 0.29) is 11.4 Å². The Labute approximate surface area is 112 Å². The molecule has 0 saturated heterocycles. The molecular weight excluding hydrogens is 234 g/mol. The van der Waals surface area contributed by atoms with Crippen LogP contribution in [0.25, 0.3) is 0 Å². The van der Waals surface area contributed by atoms with E-state index in [0.29, 0.717) is 12.5 Å². The molecule has 1 aromatic rings. The lowest BCUT2D eigenvalue weighted by atomic mass is 9.73. The third kappa shape index (κ3) is 1.46. The molecule has 2 heteroatoms. The number of rotatable bonds is 2. The van der Waals surface area contributed by atoms with Gasteiger partial charge in [0.15, 0.2) is 0 Å². The zero-order valence-electron chi connectivity index (χ0n) is 10.6. The van der Waals surface area contributed by atoms with Crippen molar-refractivity contribution in [2.45, 2.75) is 18.5 Å². The van der Waals surface area contributed by atoms with Crippen molar-refractivity contribution in [3.8, 4) is 0 Å². The van der Waals surface area contributed by atoms with Crippen LogP contribution in [0.5, 0.6) is 0 Å². The summed E-state index contributed by atoms with van der Waals surface area (Å²) in [5.41, 5.74) is 2.15. The molecular formula is C17H15NO. The summed E-state index contributed by atoms with van der Waals surface area (Å²) in [7, 11) is 0. The van der Waals surface area contributed by atoms with E-state index in [1.807, 2.05) is 29.2 Å². The van der Waals surface area contributed by atoms with Gasteiger partial charge < -0.3 is 4.90 Å². The maximum Gasteiger partial charge on any atom is 0.248 e. The molecule has 1 aliphatic heterocycles. The Hall–Kier alpha value is -2.09. The first-order valence-electron chi connectivity index (χ1n) is 6.73. The maximum absolute atomic E-state index is 12.3. The van der Waals surface area contributed by atoms with Gasteiger partial charge in [0.2, 0.25) is 5.91 Å². The second-order valence-electron chi connectivity index (χ2n) is 5.49. The fourth-order valence-corrected chi connectivity index (χ4v) is 3.34. The van der Waals surface area contributed by atoms with Gasteiger partial charge in [-0.2, -0.15) is 0 Å². The molecule has 5 rings (SSSR count). The van der Waals surface area contributed by atoms with Crippen LogP contribution in [0.3, 0.4) is 0 Å². The predicted octanol–water partition coefficient (Wildman–Crippen LogP) is 2.84. The third-order valence-electron chi connectivity index (χ3n) is 4.36. The molecule has 0 fully saturated rings. The van der Waals surface area contributed by atoms with Gasteiger partial charge in [0.25, 0.3) is 0 Å². The minimum absolute atomic E-state index is 0.135. The lowest BCUT2D eigenvalue weighted by Crippen LogP contribution is -2.48. The van der Waals surface area contributed by atoms with Crippen LogP contribution in [0.1, 0.15) is 12.0 Å². The Bertz CT molecular complexity index is 610. The van der Waals surface area contributed by atoms with E-state index in [2.05, 4.69) is 36.4 Å². The van der Waals surface area contributed by atoms with Crippen LogP contribution in [0.15, 0.2) is 66.3 Å².